The number of ether oxygens (including phenoxy) is 2. The zero-order valence-electron chi connectivity index (χ0n) is 11.4. The van der Waals surface area contributed by atoms with E-state index in [0.29, 0.717) is 13.0 Å². The number of hydrogen-bond acceptors (Lipinski definition) is 4. The normalized spacial score (nSPS) is 13.8. The van der Waals surface area contributed by atoms with Crippen LogP contribution < -0.4 is 10.1 Å². The highest BCUT2D eigenvalue weighted by molar-refractivity contribution is 5.71. The van der Waals surface area contributed by atoms with Crippen LogP contribution in [0, 0.1) is 0 Å². The van der Waals surface area contributed by atoms with E-state index in [4.69, 9.17) is 9.47 Å². The Bertz CT molecular complexity index is 389. The summed E-state index contributed by atoms with van der Waals surface area (Å²) < 4.78 is 10.1. The molecule has 0 aromatic heterocycles. The van der Waals surface area contributed by atoms with E-state index in [0.717, 1.165) is 11.3 Å². The molecule has 1 N–H and O–H groups in total. The lowest BCUT2D eigenvalue weighted by Gasteiger charge is -2.29. The highest BCUT2D eigenvalue weighted by Gasteiger charge is 2.28. The summed E-state index contributed by atoms with van der Waals surface area (Å²) in [6, 6.07) is 7.68. The van der Waals surface area contributed by atoms with Gasteiger partial charge in [-0.15, -0.1) is 0 Å². The fraction of sp³-hybridized carbons (Fsp3) is 0.500. The molecule has 0 saturated heterocycles. The number of hydrogen-bond donors (Lipinski definition) is 1. The molecule has 0 saturated carbocycles. The molecule has 1 rings (SSSR count). The maximum Gasteiger partial charge on any atom is 0.307 e. The van der Waals surface area contributed by atoms with Crippen molar-refractivity contribution >= 4 is 5.97 Å². The van der Waals surface area contributed by atoms with Crippen molar-refractivity contribution in [1.82, 2.24) is 5.32 Å². The van der Waals surface area contributed by atoms with Gasteiger partial charge in [0, 0.05) is 0 Å². The third-order valence-corrected chi connectivity index (χ3v) is 3.08. The van der Waals surface area contributed by atoms with Crippen LogP contribution in [0.3, 0.4) is 0 Å². The molecule has 0 fully saturated rings. The Balaban J connectivity index is 2.88. The molecule has 0 aliphatic rings. The Hall–Kier alpha value is -1.55. The first-order chi connectivity index (χ1) is 8.55. The van der Waals surface area contributed by atoms with Crippen LogP contribution in [0.1, 0.15) is 25.8 Å². The Morgan fingerprint density at radius 3 is 2.39 bits per heavy atom. The molecule has 1 aromatic rings. The molecule has 1 unspecified atom stereocenters. The lowest BCUT2D eigenvalue weighted by Crippen LogP contribution is -2.39. The van der Waals surface area contributed by atoms with Crippen LogP contribution in [0.25, 0.3) is 0 Å². The highest BCUT2D eigenvalue weighted by Crippen LogP contribution is 2.26. The second-order valence-corrected chi connectivity index (χ2v) is 4.29. The molecule has 1 aromatic carbocycles. The zero-order chi connectivity index (χ0) is 13.6. The average Bonchev–Trinajstić information content (AvgIpc) is 2.39. The number of nitrogens with one attached hydrogen (secondary N) is 1. The quantitative estimate of drug-likeness (QED) is 0.786. The number of carbonyl (C=O) groups is 1. The molecule has 0 radical (unpaired) electrons. The Morgan fingerprint density at radius 1 is 1.33 bits per heavy atom. The van der Waals surface area contributed by atoms with Crippen LogP contribution in [0.5, 0.6) is 5.75 Å². The molecule has 0 aliphatic heterocycles. The van der Waals surface area contributed by atoms with Crippen molar-refractivity contribution in [2.24, 2.45) is 0 Å². The fourth-order valence-corrected chi connectivity index (χ4v) is 1.79. The number of methoxy groups -OCH3 is 1. The minimum absolute atomic E-state index is 0.204. The van der Waals surface area contributed by atoms with Gasteiger partial charge in [0.2, 0.25) is 0 Å². The van der Waals surface area contributed by atoms with Gasteiger partial charge in [0.05, 0.1) is 25.7 Å². The van der Waals surface area contributed by atoms with Crippen molar-refractivity contribution in [2.45, 2.75) is 25.8 Å². The van der Waals surface area contributed by atoms with E-state index in [1.807, 2.05) is 45.2 Å². The van der Waals surface area contributed by atoms with E-state index in [2.05, 4.69) is 5.32 Å². The summed E-state index contributed by atoms with van der Waals surface area (Å²) in [5.74, 6) is 0.596. The number of rotatable bonds is 6. The van der Waals surface area contributed by atoms with E-state index < -0.39 is 5.54 Å². The van der Waals surface area contributed by atoms with Gasteiger partial charge in [0.25, 0.3) is 0 Å². The zero-order valence-corrected chi connectivity index (χ0v) is 11.4. The van der Waals surface area contributed by atoms with Crippen LogP contribution >= 0.6 is 0 Å². The van der Waals surface area contributed by atoms with Gasteiger partial charge in [0.1, 0.15) is 5.75 Å². The number of benzene rings is 1. The first kappa shape index (κ1) is 14.5. The summed E-state index contributed by atoms with van der Waals surface area (Å²) in [7, 11) is 3.47. The lowest BCUT2D eigenvalue weighted by molar-refractivity contribution is -0.144. The van der Waals surface area contributed by atoms with Gasteiger partial charge in [-0.25, -0.2) is 0 Å². The van der Waals surface area contributed by atoms with E-state index in [9.17, 15) is 4.79 Å². The van der Waals surface area contributed by atoms with Crippen molar-refractivity contribution in [3.05, 3.63) is 29.8 Å². The van der Waals surface area contributed by atoms with Gasteiger partial charge in [-0.2, -0.15) is 0 Å². The first-order valence-electron chi connectivity index (χ1n) is 6.04. The summed E-state index contributed by atoms with van der Waals surface area (Å²) >= 11 is 0. The molecule has 0 aliphatic carbocycles. The molecule has 4 heteroatoms. The molecule has 0 amide bonds. The molecule has 4 nitrogen and oxygen atoms in total. The number of esters is 1. The fourth-order valence-electron chi connectivity index (χ4n) is 1.79. The molecule has 0 spiro atoms. The molecule has 1 atom stereocenters. The third kappa shape index (κ3) is 3.47. The smallest absolute Gasteiger partial charge is 0.307 e. The van der Waals surface area contributed by atoms with Crippen LogP contribution in [0.15, 0.2) is 24.3 Å². The van der Waals surface area contributed by atoms with Crippen molar-refractivity contribution in [2.75, 3.05) is 20.8 Å². The molecule has 0 bridgehead atoms. The number of carbonyl (C=O) groups excluding carboxylic acids is 1. The summed E-state index contributed by atoms with van der Waals surface area (Å²) in [6.07, 6.45) is 0.295. The van der Waals surface area contributed by atoms with Gasteiger partial charge < -0.3 is 14.8 Å². The minimum atomic E-state index is -0.432. The largest absolute Gasteiger partial charge is 0.497 e. The summed E-state index contributed by atoms with van der Waals surface area (Å²) in [6.45, 7) is 4.19. The summed E-state index contributed by atoms with van der Waals surface area (Å²) in [4.78, 5) is 11.6. The van der Waals surface area contributed by atoms with Crippen molar-refractivity contribution in [3.63, 3.8) is 0 Å². The van der Waals surface area contributed by atoms with Gasteiger partial charge in [-0.05, 0) is 38.6 Å². The lowest BCUT2D eigenvalue weighted by atomic mass is 9.89. The first-order valence-corrected chi connectivity index (χ1v) is 6.04. The van der Waals surface area contributed by atoms with E-state index in [1.54, 1.807) is 7.11 Å². The molecular formula is C14H21NO3. The van der Waals surface area contributed by atoms with Gasteiger partial charge in [-0.1, -0.05) is 12.1 Å². The Kier molecular flexibility index (Phi) is 5.16. The predicted molar refractivity (Wildman–Crippen MR) is 70.7 cm³/mol. The molecule has 100 valence electrons. The van der Waals surface area contributed by atoms with Gasteiger partial charge in [-0.3, -0.25) is 4.79 Å². The van der Waals surface area contributed by atoms with Crippen LogP contribution in [0.4, 0.5) is 0 Å². The van der Waals surface area contributed by atoms with Crippen molar-refractivity contribution in [1.29, 1.82) is 0 Å². The monoisotopic (exact) mass is 251 g/mol. The highest BCUT2D eigenvalue weighted by atomic mass is 16.5. The Morgan fingerprint density at radius 2 is 1.94 bits per heavy atom. The van der Waals surface area contributed by atoms with Crippen LogP contribution in [-0.4, -0.2) is 26.7 Å². The molecule has 18 heavy (non-hydrogen) atoms. The molecule has 0 heterocycles. The Labute approximate surface area is 108 Å². The van der Waals surface area contributed by atoms with E-state index in [-0.39, 0.29) is 5.97 Å². The maximum atomic E-state index is 11.6. The second kappa shape index (κ2) is 6.40. The topological polar surface area (TPSA) is 47.6 Å². The average molecular weight is 251 g/mol. The van der Waals surface area contributed by atoms with Crippen molar-refractivity contribution < 1.29 is 14.3 Å². The van der Waals surface area contributed by atoms with Gasteiger partial charge in [0.15, 0.2) is 0 Å². The summed E-state index contributed by atoms with van der Waals surface area (Å²) in [5, 5.41) is 3.18. The molecular weight excluding hydrogens is 230 g/mol. The summed E-state index contributed by atoms with van der Waals surface area (Å²) in [5.41, 5.74) is 0.595. The van der Waals surface area contributed by atoms with E-state index in [1.165, 1.54) is 0 Å². The van der Waals surface area contributed by atoms with Crippen molar-refractivity contribution in [3.8, 4) is 5.75 Å². The standard InChI is InChI=1S/C14H21NO3/c1-5-18-13(16)10-14(2,15-3)11-6-8-12(17-4)9-7-11/h6-9,15H,5,10H2,1-4H3. The van der Waals surface area contributed by atoms with Crippen LogP contribution in [0.2, 0.25) is 0 Å². The maximum absolute atomic E-state index is 11.6. The van der Waals surface area contributed by atoms with E-state index >= 15 is 0 Å². The van der Waals surface area contributed by atoms with Crippen LogP contribution in [-0.2, 0) is 15.1 Å². The minimum Gasteiger partial charge on any atom is -0.497 e. The SMILES string of the molecule is CCOC(=O)CC(C)(NC)c1ccc(OC)cc1. The second-order valence-electron chi connectivity index (χ2n) is 4.29. The predicted octanol–water partition coefficient (Wildman–Crippen LogP) is 2.08. The van der Waals surface area contributed by atoms with Gasteiger partial charge >= 0.3 is 5.97 Å². The third-order valence-electron chi connectivity index (χ3n) is 3.08.